The second-order valence-corrected chi connectivity index (χ2v) is 6.60. The van der Waals surface area contributed by atoms with Gasteiger partial charge in [0.25, 0.3) is 0 Å². The zero-order chi connectivity index (χ0) is 14.7. The van der Waals surface area contributed by atoms with E-state index in [1.54, 1.807) is 0 Å². The maximum Gasteiger partial charge on any atom is 0.134 e. The number of halogens is 1. The summed E-state index contributed by atoms with van der Waals surface area (Å²) in [7, 11) is 0. The Morgan fingerprint density at radius 2 is 2.05 bits per heavy atom. The van der Waals surface area contributed by atoms with Gasteiger partial charge in [-0.1, -0.05) is 43.7 Å². The Labute approximate surface area is 135 Å². The molecule has 1 fully saturated rings. The molecule has 21 heavy (non-hydrogen) atoms. The molecule has 0 amide bonds. The van der Waals surface area contributed by atoms with Crippen molar-refractivity contribution in [2.24, 2.45) is 0 Å². The van der Waals surface area contributed by atoms with Crippen LogP contribution in [0.1, 0.15) is 32.6 Å². The normalized spacial score (nSPS) is 16.1. The van der Waals surface area contributed by atoms with Gasteiger partial charge in [-0.05, 0) is 52.0 Å². The highest BCUT2D eigenvalue weighted by atomic mass is 79.9. The molecule has 2 aromatic carbocycles. The highest BCUT2D eigenvalue weighted by molar-refractivity contribution is 9.10. The lowest BCUT2D eigenvalue weighted by molar-refractivity contribution is 0.185. The van der Waals surface area contributed by atoms with Crippen LogP contribution in [0.5, 0.6) is 5.75 Å². The van der Waals surface area contributed by atoms with Crippen LogP contribution in [0.3, 0.4) is 0 Å². The highest BCUT2D eigenvalue weighted by Crippen LogP contribution is 2.34. The fraction of sp³-hybridized carbons (Fsp3) is 0.444. The van der Waals surface area contributed by atoms with Gasteiger partial charge in [0.1, 0.15) is 11.9 Å². The topological polar surface area (TPSA) is 21.3 Å². The maximum atomic E-state index is 6.26. The Bertz CT molecular complexity index is 609. The number of hydrogen-bond donors (Lipinski definition) is 1. The molecule has 0 radical (unpaired) electrons. The molecule has 1 N–H and O–H groups in total. The number of rotatable bonds is 7. The predicted octanol–water partition coefficient (Wildman–Crippen LogP) is 4.90. The van der Waals surface area contributed by atoms with Crippen LogP contribution in [0.25, 0.3) is 10.8 Å². The SMILES string of the molecule is CCCC(CNC1CC1)Oc1ccc2ccccc2c1Br. The minimum Gasteiger partial charge on any atom is -0.488 e. The van der Waals surface area contributed by atoms with E-state index < -0.39 is 0 Å². The van der Waals surface area contributed by atoms with Crippen molar-refractivity contribution in [2.75, 3.05) is 6.54 Å². The van der Waals surface area contributed by atoms with Crippen LogP contribution >= 0.6 is 15.9 Å². The van der Waals surface area contributed by atoms with Crippen molar-refractivity contribution in [3.63, 3.8) is 0 Å². The van der Waals surface area contributed by atoms with Gasteiger partial charge in [0.05, 0.1) is 4.47 Å². The number of fused-ring (bicyclic) bond motifs is 1. The molecule has 3 rings (SSSR count). The third-order valence-corrected chi connectivity index (χ3v) is 4.76. The van der Waals surface area contributed by atoms with E-state index in [0.29, 0.717) is 0 Å². The summed E-state index contributed by atoms with van der Waals surface area (Å²) < 4.78 is 7.33. The van der Waals surface area contributed by atoms with Crippen molar-refractivity contribution in [1.82, 2.24) is 5.32 Å². The van der Waals surface area contributed by atoms with Crippen molar-refractivity contribution in [2.45, 2.75) is 44.8 Å². The molecule has 1 atom stereocenters. The lowest BCUT2D eigenvalue weighted by atomic mass is 10.1. The molecule has 1 aliphatic carbocycles. The van der Waals surface area contributed by atoms with Gasteiger partial charge in [0.15, 0.2) is 0 Å². The van der Waals surface area contributed by atoms with Crippen molar-refractivity contribution in [3.05, 3.63) is 40.9 Å². The molecule has 0 bridgehead atoms. The van der Waals surface area contributed by atoms with Crippen LogP contribution in [0, 0.1) is 0 Å². The second-order valence-electron chi connectivity index (χ2n) is 5.81. The van der Waals surface area contributed by atoms with E-state index in [0.717, 1.165) is 35.7 Å². The molecule has 112 valence electrons. The average Bonchev–Trinajstić information content (AvgIpc) is 3.32. The smallest absolute Gasteiger partial charge is 0.134 e. The van der Waals surface area contributed by atoms with Gasteiger partial charge < -0.3 is 10.1 Å². The first kappa shape index (κ1) is 14.9. The van der Waals surface area contributed by atoms with Crippen molar-refractivity contribution >= 4 is 26.7 Å². The summed E-state index contributed by atoms with van der Waals surface area (Å²) in [5.41, 5.74) is 0. The summed E-state index contributed by atoms with van der Waals surface area (Å²) >= 11 is 3.71. The van der Waals surface area contributed by atoms with E-state index in [-0.39, 0.29) is 6.10 Å². The van der Waals surface area contributed by atoms with E-state index in [1.165, 1.54) is 23.6 Å². The molecule has 0 heterocycles. The summed E-state index contributed by atoms with van der Waals surface area (Å²) in [5.74, 6) is 0.949. The van der Waals surface area contributed by atoms with Gasteiger partial charge in [0.2, 0.25) is 0 Å². The Balaban J connectivity index is 1.75. The van der Waals surface area contributed by atoms with Crippen molar-refractivity contribution in [1.29, 1.82) is 0 Å². The minimum atomic E-state index is 0.244. The zero-order valence-electron chi connectivity index (χ0n) is 12.4. The molecular formula is C18H22BrNO. The van der Waals surface area contributed by atoms with Gasteiger partial charge in [-0.25, -0.2) is 0 Å². The number of nitrogens with one attached hydrogen (secondary N) is 1. The standard InChI is InChI=1S/C18H22BrNO/c1-2-5-15(12-20-14-9-10-14)21-17-11-8-13-6-3-4-7-16(13)18(17)19/h3-4,6-8,11,14-15,20H,2,5,9-10,12H2,1H3. The summed E-state index contributed by atoms with van der Waals surface area (Å²) in [6, 6.07) is 13.3. The van der Waals surface area contributed by atoms with E-state index in [2.05, 4.69) is 64.6 Å². The van der Waals surface area contributed by atoms with Gasteiger partial charge in [0, 0.05) is 12.6 Å². The molecule has 0 spiro atoms. The van der Waals surface area contributed by atoms with E-state index in [1.807, 2.05) is 0 Å². The molecule has 1 saturated carbocycles. The Hall–Kier alpha value is -1.06. The van der Waals surface area contributed by atoms with Crippen LogP contribution < -0.4 is 10.1 Å². The van der Waals surface area contributed by atoms with Gasteiger partial charge in [-0.2, -0.15) is 0 Å². The van der Waals surface area contributed by atoms with Crippen LogP contribution in [-0.2, 0) is 0 Å². The Kier molecular flexibility index (Phi) is 4.81. The summed E-state index contributed by atoms with van der Waals surface area (Å²) in [5, 5.41) is 6.02. The number of hydrogen-bond acceptors (Lipinski definition) is 2. The molecule has 0 aliphatic heterocycles. The summed E-state index contributed by atoms with van der Waals surface area (Å²) in [6.07, 6.45) is 5.10. The molecule has 2 nitrogen and oxygen atoms in total. The van der Waals surface area contributed by atoms with E-state index in [4.69, 9.17) is 4.74 Å². The van der Waals surface area contributed by atoms with Crippen LogP contribution in [0.4, 0.5) is 0 Å². The first-order valence-corrected chi connectivity index (χ1v) is 8.64. The fourth-order valence-electron chi connectivity index (χ4n) is 2.59. The molecular weight excluding hydrogens is 326 g/mol. The molecule has 1 unspecified atom stereocenters. The third kappa shape index (κ3) is 3.78. The quantitative estimate of drug-likeness (QED) is 0.768. The molecule has 0 aromatic heterocycles. The van der Waals surface area contributed by atoms with Crippen molar-refractivity contribution < 1.29 is 4.74 Å². The van der Waals surface area contributed by atoms with E-state index >= 15 is 0 Å². The van der Waals surface area contributed by atoms with Crippen LogP contribution in [-0.4, -0.2) is 18.7 Å². The first-order valence-electron chi connectivity index (χ1n) is 7.85. The molecule has 2 aromatic rings. The Morgan fingerprint density at radius 3 is 2.81 bits per heavy atom. The highest BCUT2D eigenvalue weighted by Gasteiger charge is 2.22. The van der Waals surface area contributed by atoms with Crippen LogP contribution in [0.15, 0.2) is 40.9 Å². The largest absolute Gasteiger partial charge is 0.488 e. The summed E-state index contributed by atoms with van der Waals surface area (Å²) in [6.45, 7) is 3.15. The molecule has 0 saturated heterocycles. The second kappa shape index (κ2) is 6.80. The first-order chi connectivity index (χ1) is 10.3. The summed E-state index contributed by atoms with van der Waals surface area (Å²) in [4.78, 5) is 0. The van der Waals surface area contributed by atoms with Crippen LogP contribution in [0.2, 0.25) is 0 Å². The van der Waals surface area contributed by atoms with Crippen molar-refractivity contribution in [3.8, 4) is 5.75 Å². The fourth-order valence-corrected chi connectivity index (χ4v) is 3.18. The van der Waals surface area contributed by atoms with E-state index in [9.17, 15) is 0 Å². The average molecular weight is 348 g/mol. The van der Waals surface area contributed by atoms with Gasteiger partial charge in [-0.3, -0.25) is 0 Å². The zero-order valence-corrected chi connectivity index (χ0v) is 14.0. The predicted molar refractivity (Wildman–Crippen MR) is 92.0 cm³/mol. The van der Waals surface area contributed by atoms with Gasteiger partial charge in [-0.15, -0.1) is 0 Å². The monoisotopic (exact) mass is 347 g/mol. The molecule has 3 heteroatoms. The number of ether oxygens (including phenoxy) is 1. The minimum absolute atomic E-state index is 0.244. The lowest BCUT2D eigenvalue weighted by Gasteiger charge is -2.20. The number of benzene rings is 2. The molecule has 1 aliphatic rings. The third-order valence-electron chi connectivity index (χ3n) is 3.94. The Morgan fingerprint density at radius 1 is 1.24 bits per heavy atom. The maximum absolute atomic E-state index is 6.26. The van der Waals surface area contributed by atoms with Gasteiger partial charge >= 0.3 is 0 Å². The lowest BCUT2D eigenvalue weighted by Crippen LogP contribution is -2.32.